The maximum atomic E-state index is 12.4. The summed E-state index contributed by atoms with van der Waals surface area (Å²) in [7, 11) is 0. The first-order chi connectivity index (χ1) is 10.8. The minimum atomic E-state index is -0.932. The number of aromatic nitrogens is 1. The molecule has 0 aliphatic carbocycles. The van der Waals surface area contributed by atoms with Gasteiger partial charge in [-0.05, 0) is 37.8 Å². The first-order valence-electron chi connectivity index (χ1n) is 8.26. The van der Waals surface area contributed by atoms with Crippen molar-refractivity contribution < 1.29 is 9.90 Å². The highest BCUT2D eigenvalue weighted by molar-refractivity contribution is 6.29. The van der Waals surface area contributed by atoms with Crippen molar-refractivity contribution in [1.82, 2.24) is 10.3 Å². The van der Waals surface area contributed by atoms with Crippen molar-refractivity contribution in [2.24, 2.45) is 5.92 Å². The van der Waals surface area contributed by atoms with E-state index in [9.17, 15) is 9.90 Å². The van der Waals surface area contributed by atoms with E-state index in [1.54, 1.807) is 19.1 Å². The van der Waals surface area contributed by atoms with Gasteiger partial charge in [-0.1, -0.05) is 31.9 Å². The fraction of sp³-hybridized carbons (Fsp3) is 0.647. The van der Waals surface area contributed by atoms with E-state index in [4.69, 9.17) is 11.6 Å². The van der Waals surface area contributed by atoms with Crippen LogP contribution in [0, 0.1) is 5.92 Å². The predicted octanol–water partition coefficient (Wildman–Crippen LogP) is 2.86. The maximum absolute atomic E-state index is 12.4. The summed E-state index contributed by atoms with van der Waals surface area (Å²) in [6, 6.07) is 3.33. The van der Waals surface area contributed by atoms with Crippen LogP contribution in [0.25, 0.3) is 0 Å². The molecule has 1 aromatic rings. The van der Waals surface area contributed by atoms with Gasteiger partial charge in [0.25, 0.3) is 5.91 Å². The van der Waals surface area contributed by atoms with Gasteiger partial charge in [0.2, 0.25) is 0 Å². The van der Waals surface area contributed by atoms with E-state index in [0.29, 0.717) is 10.7 Å². The molecule has 2 N–H and O–H groups in total. The lowest BCUT2D eigenvalue weighted by atomic mass is 9.88. The molecular weight excluding hydrogens is 314 g/mol. The van der Waals surface area contributed by atoms with Gasteiger partial charge < -0.3 is 15.3 Å². The van der Waals surface area contributed by atoms with Gasteiger partial charge in [-0.3, -0.25) is 4.79 Å². The first kappa shape index (κ1) is 18.0. The highest BCUT2D eigenvalue weighted by Gasteiger charge is 2.27. The summed E-state index contributed by atoms with van der Waals surface area (Å²) >= 11 is 6.07. The van der Waals surface area contributed by atoms with Crippen LogP contribution in [-0.2, 0) is 0 Å². The van der Waals surface area contributed by atoms with E-state index in [-0.39, 0.29) is 18.4 Å². The number of hydrogen-bond donors (Lipinski definition) is 2. The van der Waals surface area contributed by atoms with Gasteiger partial charge in [0.15, 0.2) is 0 Å². The van der Waals surface area contributed by atoms with Crippen molar-refractivity contribution in [3.05, 3.63) is 22.8 Å². The number of amides is 1. The van der Waals surface area contributed by atoms with Crippen molar-refractivity contribution in [2.45, 2.75) is 45.6 Å². The quantitative estimate of drug-likeness (QED) is 0.782. The number of hydrogen-bond acceptors (Lipinski definition) is 4. The molecule has 2 heterocycles. The number of nitrogens with zero attached hydrogens (tertiary/aromatic N) is 2. The lowest BCUT2D eigenvalue weighted by Gasteiger charge is -2.29. The fourth-order valence-corrected chi connectivity index (χ4v) is 2.90. The lowest BCUT2D eigenvalue weighted by Crippen LogP contribution is -2.45. The van der Waals surface area contributed by atoms with Crippen LogP contribution in [0.3, 0.4) is 0 Å². The van der Waals surface area contributed by atoms with Gasteiger partial charge >= 0.3 is 0 Å². The number of carbonyl (C=O) groups excluding carboxylic acids is 1. The van der Waals surface area contributed by atoms with Crippen LogP contribution in [-0.4, -0.2) is 41.2 Å². The van der Waals surface area contributed by atoms with E-state index in [1.165, 1.54) is 0 Å². The second kappa shape index (κ2) is 7.49. The highest BCUT2D eigenvalue weighted by Crippen LogP contribution is 2.23. The summed E-state index contributed by atoms with van der Waals surface area (Å²) in [5.74, 6) is 0.608. The van der Waals surface area contributed by atoms with Gasteiger partial charge in [0, 0.05) is 25.2 Å². The molecule has 1 amide bonds. The summed E-state index contributed by atoms with van der Waals surface area (Å²) in [6.45, 7) is 7.83. The Bertz CT molecular complexity index is 557. The standard InChI is InChI=1S/C17H26ClN3O2/c1-4-12(2)17(3,23)11-19-16(22)13-9-14(18)20-15(10-13)21-7-5-6-8-21/h9-10,12,23H,4-8,11H2,1-3H3,(H,19,22). The van der Waals surface area contributed by atoms with Gasteiger partial charge in [0.05, 0.1) is 5.60 Å². The maximum Gasteiger partial charge on any atom is 0.251 e. The molecule has 128 valence electrons. The van der Waals surface area contributed by atoms with E-state index in [1.807, 2.05) is 13.8 Å². The first-order valence-corrected chi connectivity index (χ1v) is 8.64. The summed E-state index contributed by atoms with van der Waals surface area (Å²) in [5.41, 5.74) is -0.453. The van der Waals surface area contributed by atoms with Crippen molar-refractivity contribution in [1.29, 1.82) is 0 Å². The molecule has 2 atom stereocenters. The predicted molar refractivity (Wildman–Crippen MR) is 93.1 cm³/mol. The average Bonchev–Trinajstić information content (AvgIpc) is 3.05. The molecule has 0 radical (unpaired) electrons. The molecule has 1 aliphatic rings. The van der Waals surface area contributed by atoms with Crippen LogP contribution in [0.2, 0.25) is 5.15 Å². The second-order valence-electron chi connectivity index (χ2n) is 6.58. The topological polar surface area (TPSA) is 65.5 Å². The fourth-order valence-electron chi connectivity index (χ4n) is 2.70. The van der Waals surface area contributed by atoms with Gasteiger partial charge in [0.1, 0.15) is 11.0 Å². The Balaban J connectivity index is 2.07. The smallest absolute Gasteiger partial charge is 0.251 e. The van der Waals surface area contributed by atoms with Crippen LogP contribution >= 0.6 is 11.6 Å². The Morgan fingerprint density at radius 1 is 1.48 bits per heavy atom. The summed E-state index contributed by atoms with van der Waals surface area (Å²) in [5, 5.41) is 13.5. The van der Waals surface area contributed by atoms with Crippen molar-refractivity contribution in [3.8, 4) is 0 Å². The van der Waals surface area contributed by atoms with Gasteiger partial charge in [-0.25, -0.2) is 4.98 Å². The monoisotopic (exact) mass is 339 g/mol. The van der Waals surface area contributed by atoms with Crippen LogP contribution in [0.15, 0.2) is 12.1 Å². The summed E-state index contributed by atoms with van der Waals surface area (Å²) < 4.78 is 0. The third kappa shape index (κ3) is 4.58. The summed E-state index contributed by atoms with van der Waals surface area (Å²) in [4.78, 5) is 18.8. The van der Waals surface area contributed by atoms with E-state index in [0.717, 1.165) is 38.2 Å². The van der Waals surface area contributed by atoms with Gasteiger partial charge in [-0.2, -0.15) is 0 Å². The van der Waals surface area contributed by atoms with E-state index in [2.05, 4.69) is 15.2 Å². The third-order valence-corrected chi connectivity index (χ3v) is 4.95. The Hall–Kier alpha value is -1.33. The van der Waals surface area contributed by atoms with Crippen LogP contribution in [0.5, 0.6) is 0 Å². The van der Waals surface area contributed by atoms with Crippen molar-refractivity contribution >= 4 is 23.3 Å². The minimum Gasteiger partial charge on any atom is -0.388 e. The number of anilines is 1. The number of halogens is 1. The molecule has 0 bridgehead atoms. The Morgan fingerprint density at radius 3 is 2.74 bits per heavy atom. The highest BCUT2D eigenvalue weighted by atomic mass is 35.5. The summed E-state index contributed by atoms with van der Waals surface area (Å²) in [6.07, 6.45) is 3.12. The van der Waals surface area contributed by atoms with Crippen LogP contribution in [0.1, 0.15) is 50.4 Å². The molecule has 23 heavy (non-hydrogen) atoms. The molecule has 1 fully saturated rings. The van der Waals surface area contributed by atoms with Gasteiger partial charge in [-0.15, -0.1) is 0 Å². The number of nitrogens with one attached hydrogen (secondary N) is 1. The van der Waals surface area contributed by atoms with Crippen LogP contribution in [0.4, 0.5) is 5.82 Å². The SMILES string of the molecule is CCC(C)C(C)(O)CNC(=O)c1cc(Cl)nc(N2CCCC2)c1. The molecule has 6 heteroatoms. The molecular formula is C17H26ClN3O2. The third-order valence-electron chi connectivity index (χ3n) is 4.75. The zero-order chi connectivity index (χ0) is 17.0. The molecule has 1 saturated heterocycles. The van der Waals surface area contributed by atoms with Crippen LogP contribution < -0.4 is 10.2 Å². The normalized spacial score (nSPS) is 18.6. The van der Waals surface area contributed by atoms with E-state index < -0.39 is 5.60 Å². The zero-order valence-corrected chi connectivity index (χ0v) is 14.9. The largest absolute Gasteiger partial charge is 0.388 e. The Labute approximate surface area is 143 Å². The number of pyridine rings is 1. The molecule has 2 unspecified atom stereocenters. The number of rotatable bonds is 6. The molecule has 0 aromatic carbocycles. The van der Waals surface area contributed by atoms with E-state index >= 15 is 0 Å². The minimum absolute atomic E-state index is 0.101. The molecule has 1 aliphatic heterocycles. The molecule has 1 aromatic heterocycles. The molecule has 2 rings (SSSR count). The Morgan fingerprint density at radius 2 is 2.13 bits per heavy atom. The lowest BCUT2D eigenvalue weighted by molar-refractivity contribution is 0.00593. The number of aliphatic hydroxyl groups is 1. The number of carbonyl (C=O) groups is 1. The molecule has 0 spiro atoms. The Kier molecular flexibility index (Phi) is 5.87. The second-order valence-corrected chi connectivity index (χ2v) is 6.97. The van der Waals surface area contributed by atoms with Crippen molar-refractivity contribution in [3.63, 3.8) is 0 Å². The molecule has 5 nitrogen and oxygen atoms in total. The van der Waals surface area contributed by atoms with Crippen molar-refractivity contribution in [2.75, 3.05) is 24.5 Å². The average molecular weight is 340 g/mol. The zero-order valence-electron chi connectivity index (χ0n) is 14.1. The molecule has 0 saturated carbocycles.